The molecular formula is C21H26N2O5S. The molecule has 2 aromatic carbocycles. The Morgan fingerprint density at radius 2 is 1.86 bits per heavy atom. The Morgan fingerprint density at radius 3 is 2.55 bits per heavy atom. The molecule has 0 aliphatic carbocycles. The number of carbonyl (C=O) groups excluding carboxylic acids is 1. The molecule has 1 N–H and O–H groups in total. The van der Waals surface area contributed by atoms with Gasteiger partial charge in [0.1, 0.15) is 6.04 Å². The molecule has 1 amide bonds. The van der Waals surface area contributed by atoms with Gasteiger partial charge in [-0.1, -0.05) is 25.1 Å². The maximum absolute atomic E-state index is 13.0. The minimum atomic E-state index is -3.67. The summed E-state index contributed by atoms with van der Waals surface area (Å²) >= 11 is 0. The number of anilines is 1. The lowest BCUT2D eigenvalue weighted by molar-refractivity contribution is -0.122. The SMILES string of the molecule is CCC(C(=O)NCc1ccc2c(c1)OCO2)N(c1cc(C)ccc1C)S(C)(=O)=O. The van der Waals surface area contributed by atoms with Crippen LogP contribution >= 0.6 is 0 Å². The van der Waals surface area contributed by atoms with Crippen LogP contribution in [0.15, 0.2) is 36.4 Å². The van der Waals surface area contributed by atoms with Crippen molar-refractivity contribution in [2.45, 2.75) is 39.8 Å². The molecule has 1 atom stereocenters. The highest BCUT2D eigenvalue weighted by molar-refractivity contribution is 7.92. The Labute approximate surface area is 171 Å². The highest BCUT2D eigenvalue weighted by atomic mass is 32.2. The maximum Gasteiger partial charge on any atom is 0.244 e. The molecule has 0 bridgehead atoms. The summed E-state index contributed by atoms with van der Waals surface area (Å²) in [5.41, 5.74) is 3.09. The zero-order chi connectivity index (χ0) is 21.2. The first-order valence-corrected chi connectivity index (χ1v) is 11.3. The molecule has 0 aromatic heterocycles. The molecule has 8 heteroatoms. The van der Waals surface area contributed by atoms with Crippen molar-refractivity contribution in [3.8, 4) is 11.5 Å². The van der Waals surface area contributed by atoms with E-state index in [0.717, 1.165) is 22.9 Å². The first kappa shape index (κ1) is 21.0. The smallest absolute Gasteiger partial charge is 0.244 e. The van der Waals surface area contributed by atoms with Gasteiger partial charge in [-0.05, 0) is 55.2 Å². The molecule has 1 aliphatic rings. The van der Waals surface area contributed by atoms with Gasteiger partial charge in [-0.3, -0.25) is 9.10 Å². The quantitative estimate of drug-likeness (QED) is 0.747. The highest BCUT2D eigenvalue weighted by Gasteiger charge is 2.32. The first-order chi connectivity index (χ1) is 13.7. The van der Waals surface area contributed by atoms with Crippen LogP contribution in [0.25, 0.3) is 0 Å². The van der Waals surface area contributed by atoms with Crippen LogP contribution < -0.4 is 19.1 Å². The molecule has 0 saturated heterocycles. The summed E-state index contributed by atoms with van der Waals surface area (Å²) in [5, 5.41) is 2.86. The lowest BCUT2D eigenvalue weighted by atomic mass is 10.1. The van der Waals surface area contributed by atoms with Crippen LogP contribution in [-0.2, 0) is 21.4 Å². The number of rotatable bonds is 7. The van der Waals surface area contributed by atoms with Gasteiger partial charge in [-0.15, -0.1) is 0 Å². The summed E-state index contributed by atoms with van der Waals surface area (Å²) in [6.07, 6.45) is 1.47. The summed E-state index contributed by atoms with van der Waals surface area (Å²) in [4.78, 5) is 13.0. The largest absolute Gasteiger partial charge is 0.454 e. The molecule has 0 radical (unpaired) electrons. The highest BCUT2D eigenvalue weighted by Crippen LogP contribution is 2.32. The van der Waals surface area contributed by atoms with Crippen molar-refractivity contribution in [1.29, 1.82) is 0 Å². The number of ether oxygens (including phenoxy) is 2. The normalized spacial score (nSPS) is 13.8. The lowest BCUT2D eigenvalue weighted by Gasteiger charge is -2.31. The second-order valence-electron chi connectivity index (χ2n) is 7.18. The maximum atomic E-state index is 13.0. The van der Waals surface area contributed by atoms with E-state index in [4.69, 9.17) is 9.47 Å². The van der Waals surface area contributed by atoms with Crippen molar-refractivity contribution in [2.24, 2.45) is 0 Å². The van der Waals surface area contributed by atoms with Crippen molar-refractivity contribution in [3.63, 3.8) is 0 Å². The number of aryl methyl sites for hydroxylation is 2. The van der Waals surface area contributed by atoms with Gasteiger partial charge >= 0.3 is 0 Å². The summed E-state index contributed by atoms with van der Waals surface area (Å²) < 4.78 is 37.1. The van der Waals surface area contributed by atoms with Crippen LogP contribution in [0.4, 0.5) is 5.69 Å². The van der Waals surface area contributed by atoms with Crippen molar-refractivity contribution in [2.75, 3.05) is 17.4 Å². The van der Waals surface area contributed by atoms with Crippen LogP contribution in [0, 0.1) is 13.8 Å². The number of benzene rings is 2. The van der Waals surface area contributed by atoms with Crippen LogP contribution in [0.5, 0.6) is 11.5 Å². The van der Waals surface area contributed by atoms with E-state index in [1.54, 1.807) is 19.1 Å². The molecule has 1 unspecified atom stereocenters. The monoisotopic (exact) mass is 418 g/mol. The van der Waals surface area contributed by atoms with E-state index in [1.807, 2.05) is 38.1 Å². The Balaban J connectivity index is 1.83. The van der Waals surface area contributed by atoms with Crippen LogP contribution in [0.2, 0.25) is 0 Å². The average molecular weight is 419 g/mol. The Kier molecular flexibility index (Phi) is 6.02. The Morgan fingerprint density at radius 1 is 1.14 bits per heavy atom. The number of carbonyl (C=O) groups is 1. The molecule has 3 rings (SSSR count). The number of fused-ring (bicyclic) bond motifs is 1. The van der Waals surface area contributed by atoms with E-state index in [1.165, 1.54) is 4.31 Å². The van der Waals surface area contributed by atoms with E-state index in [2.05, 4.69) is 5.32 Å². The van der Waals surface area contributed by atoms with E-state index in [-0.39, 0.29) is 19.2 Å². The third kappa shape index (κ3) is 4.64. The topological polar surface area (TPSA) is 84.9 Å². The van der Waals surface area contributed by atoms with E-state index < -0.39 is 16.1 Å². The molecule has 2 aromatic rings. The van der Waals surface area contributed by atoms with E-state index in [0.29, 0.717) is 23.6 Å². The van der Waals surface area contributed by atoms with Gasteiger partial charge in [-0.25, -0.2) is 8.42 Å². The minimum absolute atomic E-state index is 0.183. The van der Waals surface area contributed by atoms with E-state index in [9.17, 15) is 13.2 Å². The van der Waals surface area contributed by atoms with Crippen LogP contribution in [-0.4, -0.2) is 33.4 Å². The molecule has 1 heterocycles. The zero-order valence-corrected chi connectivity index (χ0v) is 17.9. The van der Waals surface area contributed by atoms with Gasteiger partial charge in [0, 0.05) is 6.54 Å². The molecule has 7 nitrogen and oxygen atoms in total. The van der Waals surface area contributed by atoms with Gasteiger partial charge in [0.2, 0.25) is 22.7 Å². The number of amides is 1. The van der Waals surface area contributed by atoms with Crippen molar-refractivity contribution in [1.82, 2.24) is 5.32 Å². The van der Waals surface area contributed by atoms with Gasteiger partial charge in [0.25, 0.3) is 0 Å². The summed E-state index contributed by atoms with van der Waals surface area (Å²) in [6.45, 7) is 5.97. The molecular weight excluding hydrogens is 392 g/mol. The fourth-order valence-corrected chi connectivity index (χ4v) is 4.61. The molecule has 1 aliphatic heterocycles. The molecule has 0 saturated carbocycles. The van der Waals surface area contributed by atoms with Gasteiger partial charge < -0.3 is 14.8 Å². The summed E-state index contributed by atoms with van der Waals surface area (Å²) in [5.74, 6) is 0.957. The van der Waals surface area contributed by atoms with Gasteiger partial charge in [0.05, 0.1) is 11.9 Å². The fraction of sp³-hybridized carbons (Fsp3) is 0.381. The average Bonchev–Trinajstić information content (AvgIpc) is 3.13. The number of hydrogen-bond acceptors (Lipinski definition) is 5. The number of sulfonamides is 1. The molecule has 0 fully saturated rings. The van der Waals surface area contributed by atoms with E-state index >= 15 is 0 Å². The second-order valence-corrected chi connectivity index (χ2v) is 9.04. The molecule has 29 heavy (non-hydrogen) atoms. The van der Waals surface area contributed by atoms with Gasteiger partial charge in [-0.2, -0.15) is 0 Å². The van der Waals surface area contributed by atoms with Crippen LogP contribution in [0.1, 0.15) is 30.0 Å². The number of nitrogens with zero attached hydrogens (tertiary/aromatic N) is 1. The van der Waals surface area contributed by atoms with Gasteiger partial charge in [0.15, 0.2) is 11.5 Å². The zero-order valence-electron chi connectivity index (χ0n) is 17.1. The number of hydrogen-bond donors (Lipinski definition) is 1. The minimum Gasteiger partial charge on any atom is -0.454 e. The Bertz CT molecular complexity index is 1020. The van der Waals surface area contributed by atoms with Crippen molar-refractivity contribution >= 4 is 21.6 Å². The van der Waals surface area contributed by atoms with Crippen LogP contribution in [0.3, 0.4) is 0 Å². The predicted molar refractivity (Wildman–Crippen MR) is 112 cm³/mol. The van der Waals surface area contributed by atoms with Crippen molar-refractivity contribution in [3.05, 3.63) is 53.1 Å². The fourth-order valence-electron chi connectivity index (χ4n) is 3.35. The lowest BCUT2D eigenvalue weighted by Crippen LogP contribution is -2.49. The first-order valence-electron chi connectivity index (χ1n) is 9.43. The third-order valence-electron chi connectivity index (χ3n) is 4.84. The summed E-state index contributed by atoms with van der Waals surface area (Å²) in [7, 11) is -3.67. The Hall–Kier alpha value is -2.74. The molecule has 156 valence electrons. The number of nitrogens with one attached hydrogen (secondary N) is 1. The third-order valence-corrected chi connectivity index (χ3v) is 6.00. The second kappa shape index (κ2) is 8.32. The predicted octanol–water partition coefficient (Wildman–Crippen LogP) is 2.89. The summed E-state index contributed by atoms with van der Waals surface area (Å²) in [6, 6.07) is 10.2. The standard InChI is InChI=1S/C21H26N2O5S/c1-5-17(23(29(4,25)26)18-10-14(2)6-7-15(18)3)21(24)22-12-16-8-9-19-20(11-16)28-13-27-19/h6-11,17H,5,12-13H2,1-4H3,(H,22,24). The van der Waals surface area contributed by atoms with Crippen molar-refractivity contribution < 1.29 is 22.7 Å². The molecule has 0 spiro atoms.